The third-order valence-electron chi connectivity index (χ3n) is 3.40. The summed E-state index contributed by atoms with van der Waals surface area (Å²) in [4.78, 5) is 8.47. The number of benzene rings is 1. The van der Waals surface area contributed by atoms with Gasteiger partial charge in [0, 0.05) is 6.42 Å². The van der Waals surface area contributed by atoms with Crippen molar-refractivity contribution < 1.29 is 9.84 Å². The fraction of sp³-hybridized carbons (Fsp3) is 0.286. The summed E-state index contributed by atoms with van der Waals surface area (Å²) >= 11 is 3.27. The molecule has 6 heteroatoms. The van der Waals surface area contributed by atoms with E-state index in [0.29, 0.717) is 22.7 Å². The van der Waals surface area contributed by atoms with Gasteiger partial charge in [0.15, 0.2) is 4.60 Å². The van der Waals surface area contributed by atoms with Gasteiger partial charge in [-0.25, -0.2) is 4.98 Å². The molecule has 2 N–H and O–H groups in total. The van der Waals surface area contributed by atoms with Gasteiger partial charge >= 0.3 is 0 Å². The highest BCUT2D eigenvalue weighted by Crippen LogP contribution is 2.34. The number of nitrogens with one attached hydrogen (secondary N) is 1. The third kappa shape index (κ3) is 2.36. The number of aromatic nitrogens is 2. The van der Waals surface area contributed by atoms with Gasteiger partial charge in [-0.2, -0.15) is 4.98 Å². The van der Waals surface area contributed by atoms with Crippen molar-refractivity contribution in [3.05, 3.63) is 46.2 Å². The second-order valence-corrected chi connectivity index (χ2v) is 5.40. The highest BCUT2D eigenvalue weighted by atomic mass is 79.9. The average Bonchev–Trinajstić information content (AvgIpc) is 2.77. The standard InChI is InChI=1S/C14H14BrN3O2/c1-20-14-13(15)16-7-11(18-14)17-12-9-5-3-2-4-8(9)6-10(12)19/h2-5,7,10,12,19H,6H2,1H3,(H,17,18). The monoisotopic (exact) mass is 335 g/mol. The topological polar surface area (TPSA) is 67.3 Å². The molecule has 0 radical (unpaired) electrons. The van der Waals surface area contributed by atoms with Gasteiger partial charge in [0.05, 0.1) is 25.5 Å². The van der Waals surface area contributed by atoms with Crippen molar-refractivity contribution in [1.29, 1.82) is 0 Å². The molecule has 3 rings (SSSR count). The SMILES string of the molecule is COc1nc(NC2c3ccccc3CC2O)cnc1Br. The van der Waals surface area contributed by atoms with Crippen molar-refractivity contribution in [2.45, 2.75) is 18.6 Å². The zero-order valence-corrected chi connectivity index (χ0v) is 12.5. The summed E-state index contributed by atoms with van der Waals surface area (Å²) in [5.74, 6) is 0.988. The lowest BCUT2D eigenvalue weighted by Crippen LogP contribution is -2.21. The Morgan fingerprint density at radius 3 is 3.00 bits per heavy atom. The van der Waals surface area contributed by atoms with Crippen LogP contribution in [0.15, 0.2) is 35.1 Å². The molecule has 0 saturated heterocycles. The summed E-state index contributed by atoms with van der Waals surface area (Å²) in [5.41, 5.74) is 2.26. The van der Waals surface area contributed by atoms with Gasteiger partial charge in [-0.05, 0) is 27.1 Å². The number of nitrogens with zero attached hydrogens (tertiary/aromatic N) is 2. The van der Waals surface area contributed by atoms with Gasteiger partial charge in [-0.1, -0.05) is 24.3 Å². The number of rotatable bonds is 3. The second-order valence-electron chi connectivity index (χ2n) is 4.65. The normalized spacial score (nSPS) is 20.6. The Bertz CT molecular complexity index is 636. The molecule has 0 amide bonds. The van der Waals surface area contributed by atoms with Crippen molar-refractivity contribution >= 4 is 21.7 Å². The predicted molar refractivity (Wildman–Crippen MR) is 78.8 cm³/mol. The molecule has 0 saturated carbocycles. The van der Waals surface area contributed by atoms with Crippen LogP contribution in [0.2, 0.25) is 0 Å². The minimum Gasteiger partial charge on any atom is -0.479 e. The molecule has 2 atom stereocenters. The van der Waals surface area contributed by atoms with E-state index in [9.17, 15) is 5.11 Å². The molecule has 1 aliphatic carbocycles. The first-order chi connectivity index (χ1) is 9.69. The minimum atomic E-state index is -0.469. The highest BCUT2D eigenvalue weighted by Gasteiger charge is 2.31. The Labute approximate surface area is 125 Å². The number of aliphatic hydroxyl groups is 1. The number of fused-ring (bicyclic) bond motifs is 1. The lowest BCUT2D eigenvalue weighted by molar-refractivity contribution is 0.165. The Balaban J connectivity index is 1.88. The van der Waals surface area contributed by atoms with Crippen LogP contribution in [0.5, 0.6) is 5.88 Å². The lowest BCUT2D eigenvalue weighted by atomic mass is 10.1. The molecule has 2 aromatic rings. The van der Waals surface area contributed by atoms with Gasteiger partial charge in [0.2, 0.25) is 5.88 Å². The first-order valence-corrected chi connectivity index (χ1v) is 7.07. The molecule has 0 fully saturated rings. The van der Waals surface area contributed by atoms with Crippen molar-refractivity contribution in [2.75, 3.05) is 12.4 Å². The van der Waals surface area contributed by atoms with E-state index in [4.69, 9.17) is 4.74 Å². The van der Waals surface area contributed by atoms with Crippen LogP contribution < -0.4 is 10.1 Å². The summed E-state index contributed by atoms with van der Waals surface area (Å²) in [6.45, 7) is 0. The molecular weight excluding hydrogens is 322 g/mol. The van der Waals surface area contributed by atoms with Crippen LogP contribution in [-0.2, 0) is 6.42 Å². The number of anilines is 1. The van der Waals surface area contributed by atoms with Gasteiger partial charge in [-0.15, -0.1) is 0 Å². The van der Waals surface area contributed by atoms with E-state index in [-0.39, 0.29) is 6.04 Å². The molecule has 5 nitrogen and oxygen atoms in total. The number of hydrogen-bond acceptors (Lipinski definition) is 5. The Morgan fingerprint density at radius 2 is 2.20 bits per heavy atom. The zero-order chi connectivity index (χ0) is 14.1. The van der Waals surface area contributed by atoms with Gasteiger partial charge in [-0.3, -0.25) is 0 Å². The molecule has 0 spiro atoms. The largest absolute Gasteiger partial charge is 0.479 e. The third-order valence-corrected chi connectivity index (χ3v) is 3.94. The Morgan fingerprint density at radius 1 is 1.40 bits per heavy atom. The maximum atomic E-state index is 10.2. The van der Waals surface area contributed by atoms with Crippen LogP contribution in [0.3, 0.4) is 0 Å². The highest BCUT2D eigenvalue weighted by molar-refractivity contribution is 9.10. The predicted octanol–water partition coefficient (Wildman–Crippen LogP) is 2.32. The van der Waals surface area contributed by atoms with Crippen LogP contribution >= 0.6 is 15.9 Å². The molecule has 1 aliphatic rings. The molecular formula is C14H14BrN3O2. The molecule has 1 aromatic heterocycles. The van der Waals surface area contributed by atoms with E-state index < -0.39 is 6.10 Å². The molecule has 0 aliphatic heterocycles. The van der Waals surface area contributed by atoms with E-state index in [1.807, 2.05) is 24.3 Å². The van der Waals surface area contributed by atoms with Crippen molar-refractivity contribution in [1.82, 2.24) is 9.97 Å². The number of halogens is 1. The molecule has 104 valence electrons. The fourth-order valence-electron chi connectivity index (χ4n) is 2.46. The Kier molecular flexibility index (Phi) is 3.58. The summed E-state index contributed by atoms with van der Waals surface area (Å²) in [6.07, 6.45) is 1.79. The summed E-state index contributed by atoms with van der Waals surface area (Å²) in [6, 6.07) is 7.84. The van der Waals surface area contributed by atoms with Crippen LogP contribution in [-0.4, -0.2) is 28.3 Å². The van der Waals surface area contributed by atoms with Gasteiger partial charge in [0.25, 0.3) is 0 Å². The van der Waals surface area contributed by atoms with Crippen molar-refractivity contribution in [2.24, 2.45) is 0 Å². The van der Waals surface area contributed by atoms with Crippen LogP contribution in [0.25, 0.3) is 0 Å². The van der Waals surface area contributed by atoms with E-state index >= 15 is 0 Å². The Hall–Kier alpha value is -1.66. The zero-order valence-electron chi connectivity index (χ0n) is 10.9. The molecule has 20 heavy (non-hydrogen) atoms. The van der Waals surface area contributed by atoms with E-state index in [2.05, 4.69) is 31.2 Å². The van der Waals surface area contributed by atoms with Crippen molar-refractivity contribution in [3.8, 4) is 5.88 Å². The average molecular weight is 336 g/mol. The summed E-state index contributed by atoms with van der Waals surface area (Å²) in [5, 5.41) is 13.4. The van der Waals surface area contributed by atoms with E-state index in [0.717, 1.165) is 11.1 Å². The first-order valence-electron chi connectivity index (χ1n) is 6.28. The molecule has 0 bridgehead atoms. The van der Waals surface area contributed by atoms with Crippen molar-refractivity contribution in [3.63, 3.8) is 0 Å². The smallest absolute Gasteiger partial charge is 0.249 e. The minimum absolute atomic E-state index is 0.175. The number of methoxy groups -OCH3 is 1. The second kappa shape index (κ2) is 5.38. The maximum Gasteiger partial charge on any atom is 0.249 e. The lowest BCUT2D eigenvalue weighted by Gasteiger charge is -2.18. The van der Waals surface area contributed by atoms with Crippen LogP contribution in [0.4, 0.5) is 5.82 Å². The fourth-order valence-corrected chi connectivity index (χ4v) is 2.82. The molecule has 2 unspecified atom stereocenters. The first kappa shape index (κ1) is 13.3. The number of hydrogen-bond donors (Lipinski definition) is 2. The summed E-state index contributed by atoms with van der Waals surface area (Å²) < 4.78 is 5.68. The number of ether oxygens (including phenoxy) is 1. The number of aliphatic hydroxyl groups excluding tert-OH is 1. The summed E-state index contributed by atoms with van der Waals surface area (Å²) in [7, 11) is 1.54. The van der Waals surface area contributed by atoms with Gasteiger partial charge < -0.3 is 15.2 Å². The quantitative estimate of drug-likeness (QED) is 0.900. The molecule has 1 aromatic carbocycles. The molecule has 1 heterocycles. The van der Waals surface area contributed by atoms with E-state index in [1.165, 1.54) is 7.11 Å². The van der Waals surface area contributed by atoms with E-state index in [1.54, 1.807) is 6.20 Å². The van der Waals surface area contributed by atoms with Crippen LogP contribution in [0, 0.1) is 0 Å². The maximum absolute atomic E-state index is 10.2. The van der Waals surface area contributed by atoms with Crippen LogP contribution in [0.1, 0.15) is 17.2 Å². The van der Waals surface area contributed by atoms with Gasteiger partial charge in [0.1, 0.15) is 5.82 Å².